The fourth-order valence-corrected chi connectivity index (χ4v) is 2.24. The van der Waals surface area contributed by atoms with Gasteiger partial charge in [0.15, 0.2) is 0 Å². The number of carbonyl (C=O) groups is 1. The molecule has 3 nitrogen and oxygen atoms in total. The summed E-state index contributed by atoms with van der Waals surface area (Å²) in [5.74, 6) is -0.756. The summed E-state index contributed by atoms with van der Waals surface area (Å²) in [7, 11) is 0. The SMILES string of the molecule is CC(CN)C(=O)NCC(C)(C)c1c(F)cccc1Cl. The Bertz CT molecular complexity index is 443. The van der Waals surface area contributed by atoms with Crippen LogP contribution < -0.4 is 11.1 Å². The zero-order valence-electron chi connectivity index (χ0n) is 11.5. The van der Waals surface area contributed by atoms with Crippen LogP contribution in [0.3, 0.4) is 0 Å². The summed E-state index contributed by atoms with van der Waals surface area (Å²) in [4.78, 5) is 11.7. The van der Waals surface area contributed by atoms with Gasteiger partial charge in [-0.25, -0.2) is 4.39 Å². The lowest BCUT2D eigenvalue weighted by Gasteiger charge is -2.27. The van der Waals surface area contributed by atoms with E-state index < -0.39 is 5.41 Å². The van der Waals surface area contributed by atoms with Crippen LogP contribution in [0.4, 0.5) is 4.39 Å². The Morgan fingerprint density at radius 3 is 2.68 bits per heavy atom. The third-order valence-electron chi connectivity index (χ3n) is 3.15. The number of hydrogen-bond donors (Lipinski definition) is 2. The highest BCUT2D eigenvalue weighted by atomic mass is 35.5. The lowest BCUT2D eigenvalue weighted by molar-refractivity contribution is -0.124. The van der Waals surface area contributed by atoms with E-state index in [1.54, 1.807) is 19.1 Å². The van der Waals surface area contributed by atoms with Crippen molar-refractivity contribution in [3.63, 3.8) is 0 Å². The number of benzene rings is 1. The quantitative estimate of drug-likeness (QED) is 0.874. The smallest absolute Gasteiger partial charge is 0.224 e. The zero-order chi connectivity index (χ0) is 14.6. The van der Waals surface area contributed by atoms with Gasteiger partial charge >= 0.3 is 0 Å². The summed E-state index contributed by atoms with van der Waals surface area (Å²) in [5, 5.41) is 3.15. The van der Waals surface area contributed by atoms with Crippen molar-refractivity contribution in [3.8, 4) is 0 Å². The Labute approximate surface area is 118 Å². The van der Waals surface area contributed by atoms with Gasteiger partial charge < -0.3 is 11.1 Å². The minimum atomic E-state index is -0.591. The summed E-state index contributed by atoms with van der Waals surface area (Å²) < 4.78 is 13.9. The van der Waals surface area contributed by atoms with Gasteiger partial charge in [0.05, 0.1) is 0 Å². The number of hydrogen-bond acceptors (Lipinski definition) is 2. The van der Waals surface area contributed by atoms with Crippen molar-refractivity contribution >= 4 is 17.5 Å². The summed E-state index contributed by atoms with van der Waals surface area (Å²) >= 11 is 6.05. The molecule has 5 heteroatoms. The Morgan fingerprint density at radius 2 is 2.16 bits per heavy atom. The van der Waals surface area contributed by atoms with Gasteiger partial charge in [0.2, 0.25) is 5.91 Å². The molecule has 0 saturated carbocycles. The number of nitrogens with two attached hydrogens (primary N) is 1. The van der Waals surface area contributed by atoms with Gasteiger partial charge in [0.25, 0.3) is 0 Å². The van der Waals surface area contributed by atoms with Crippen LogP contribution in [0, 0.1) is 11.7 Å². The number of carbonyl (C=O) groups excluding carboxylic acids is 1. The van der Waals surface area contributed by atoms with Crippen molar-refractivity contribution in [1.82, 2.24) is 5.32 Å². The molecule has 0 aliphatic rings. The van der Waals surface area contributed by atoms with Crippen molar-refractivity contribution in [1.29, 1.82) is 0 Å². The fraction of sp³-hybridized carbons (Fsp3) is 0.500. The maximum Gasteiger partial charge on any atom is 0.224 e. The summed E-state index contributed by atoms with van der Waals surface area (Å²) in [6.45, 7) is 6.01. The first-order chi connectivity index (χ1) is 8.79. The highest BCUT2D eigenvalue weighted by Gasteiger charge is 2.27. The van der Waals surface area contributed by atoms with Gasteiger partial charge in [-0.3, -0.25) is 4.79 Å². The van der Waals surface area contributed by atoms with E-state index >= 15 is 0 Å². The number of nitrogens with one attached hydrogen (secondary N) is 1. The molecular formula is C14H20ClFN2O. The number of amides is 1. The van der Waals surface area contributed by atoms with E-state index in [-0.39, 0.29) is 24.2 Å². The molecule has 1 rings (SSSR count). The first-order valence-corrected chi connectivity index (χ1v) is 6.59. The molecule has 1 aromatic carbocycles. The second-order valence-electron chi connectivity index (χ2n) is 5.34. The normalized spacial score (nSPS) is 13.2. The molecule has 106 valence electrons. The van der Waals surface area contributed by atoms with Crippen LogP contribution in [0.5, 0.6) is 0 Å². The molecule has 0 aromatic heterocycles. The van der Waals surface area contributed by atoms with Gasteiger partial charge in [-0.1, -0.05) is 38.4 Å². The third-order valence-corrected chi connectivity index (χ3v) is 3.46. The van der Waals surface area contributed by atoms with E-state index in [0.29, 0.717) is 17.1 Å². The summed E-state index contributed by atoms with van der Waals surface area (Å²) in [5.41, 5.74) is 5.25. The second kappa shape index (κ2) is 6.35. The van der Waals surface area contributed by atoms with Crippen LogP contribution in [0.15, 0.2) is 18.2 Å². The van der Waals surface area contributed by atoms with E-state index in [1.807, 2.05) is 13.8 Å². The van der Waals surface area contributed by atoms with Crippen LogP contribution in [0.1, 0.15) is 26.3 Å². The monoisotopic (exact) mass is 286 g/mol. The molecule has 19 heavy (non-hydrogen) atoms. The van der Waals surface area contributed by atoms with E-state index in [9.17, 15) is 9.18 Å². The largest absolute Gasteiger partial charge is 0.355 e. The molecule has 1 unspecified atom stereocenters. The Hall–Kier alpha value is -1.13. The molecule has 1 aromatic rings. The highest BCUT2D eigenvalue weighted by molar-refractivity contribution is 6.31. The first-order valence-electron chi connectivity index (χ1n) is 6.22. The average Bonchev–Trinajstić information content (AvgIpc) is 2.34. The maximum atomic E-state index is 13.9. The summed E-state index contributed by atoms with van der Waals surface area (Å²) in [6, 6.07) is 4.58. The molecule has 0 aliphatic carbocycles. The molecule has 1 amide bonds. The summed E-state index contributed by atoms with van der Waals surface area (Å²) in [6.07, 6.45) is 0. The predicted molar refractivity (Wildman–Crippen MR) is 75.7 cm³/mol. The number of rotatable bonds is 5. The number of halogens is 2. The lowest BCUT2D eigenvalue weighted by Crippen LogP contribution is -2.41. The van der Waals surface area contributed by atoms with Crippen molar-refractivity contribution in [2.45, 2.75) is 26.2 Å². The van der Waals surface area contributed by atoms with Gasteiger partial charge in [-0.2, -0.15) is 0 Å². The van der Waals surface area contributed by atoms with E-state index in [0.717, 1.165) is 0 Å². The first kappa shape index (κ1) is 15.9. The fourth-order valence-electron chi connectivity index (χ4n) is 1.82. The average molecular weight is 287 g/mol. The molecular weight excluding hydrogens is 267 g/mol. The van der Waals surface area contributed by atoms with Gasteiger partial charge in [-0.05, 0) is 12.1 Å². The van der Waals surface area contributed by atoms with Crippen LogP contribution in [0.2, 0.25) is 5.02 Å². The molecule has 0 spiro atoms. The van der Waals surface area contributed by atoms with E-state index in [1.165, 1.54) is 6.07 Å². The van der Waals surface area contributed by atoms with Crippen LogP contribution in [0.25, 0.3) is 0 Å². The molecule has 0 aliphatic heterocycles. The minimum absolute atomic E-state index is 0.136. The molecule has 0 radical (unpaired) electrons. The highest BCUT2D eigenvalue weighted by Crippen LogP contribution is 2.31. The maximum absolute atomic E-state index is 13.9. The van der Waals surface area contributed by atoms with Crippen LogP contribution in [-0.2, 0) is 10.2 Å². The van der Waals surface area contributed by atoms with Crippen molar-refractivity contribution in [2.24, 2.45) is 11.7 Å². The topological polar surface area (TPSA) is 55.1 Å². The predicted octanol–water partition coefficient (Wildman–Crippen LogP) is 2.47. The molecule has 0 bridgehead atoms. The van der Waals surface area contributed by atoms with Gasteiger partial charge in [0, 0.05) is 35.0 Å². The lowest BCUT2D eigenvalue weighted by atomic mass is 9.84. The van der Waals surface area contributed by atoms with Crippen molar-refractivity contribution in [3.05, 3.63) is 34.6 Å². The minimum Gasteiger partial charge on any atom is -0.355 e. The molecule has 0 fully saturated rings. The standard InChI is InChI=1S/C14H20ClFN2O/c1-9(7-17)13(19)18-8-14(2,3)12-10(15)5-4-6-11(12)16/h4-6,9H,7-8,17H2,1-3H3,(H,18,19). The molecule has 1 atom stereocenters. The van der Waals surface area contributed by atoms with Crippen LogP contribution >= 0.6 is 11.6 Å². The van der Waals surface area contributed by atoms with Gasteiger partial charge in [-0.15, -0.1) is 0 Å². The van der Waals surface area contributed by atoms with Crippen LogP contribution in [-0.4, -0.2) is 19.0 Å². The zero-order valence-corrected chi connectivity index (χ0v) is 12.2. The Balaban J connectivity index is 2.84. The van der Waals surface area contributed by atoms with E-state index in [4.69, 9.17) is 17.3 Å². The molecule has 0 heterocycles. The van der Waals surface area contributed by atoms with Gasteiger partial charge in [0.1, 0.15) is 5.82 Å². The van der Waals surface area contributed by atoms with Crippen molar-refractivity contribution < 1.29 is 9.18 Å². The molecule has 0 saturated heterocycles. The van der Waals surface area contributed by atoms with E-state index in [2.05, 4.69) is 5.32 Å². The Kier molecular flexibility index (Phi) is 5.32. The van der Waals surface area contributed by atoms with Crippen molar-refractivity contribution in [2.75, 3.05) is 13.1 Å². The Morgan fingerprint density at radius 1 is 1.53 bits per heavy atom. The third kappa shape index (κ3) is 3.91. The second-order valence-corrected chi connectivity index (χ2v) is 5.74. The molecule has 3 N–H and O–H groups in total.